The summed E-state index contributed by atoms with van der Waals surface area (Å²) in [6.07, 6.45) is 14.2. The highest BCUT2D eigenvalue weighted by Crippen LogP contribution is 2.61. The largest absolute Gasteiger partial charge is 0.507 e. The van der Waals surface area contributed by atoms with Gasteiger partial charge in [0.15, 0.2) is 0 Å². The zero-order valence-corrected chi connectivity index (χ0v) is 20.2. The van der Waals surface area contributed by atoms with Gasteiger partial charge in [-0.15, -0.1) is 0 Å². The third-order valence-electron chi connectivity index (χ3n) is 11.6. The van der Waals surface area contributed by atoms with Crippen LogP contribution < -0.4 is 0 Å². The molecule has 8 aliphatic rings. The second-order valence-electron chi connectivity index (χ2n) is 13.5. The van der Waals surface area contributed by atoms with E-state index < -0.39 is 0 Å². The minimum Gasteiger partial charge on any atom is -0.507 e. The molecule has 0 aliphatic heterocycles. The summed E-state index contributed by atoms with van der Waals surface area (Å²) in [6.45, 7) is 0. The van der Waals surface area contributed by atoms with E-state index in [0.29, 0.717) is 23.3 Å². The second kappa shape index (κ2) is 7.28. The first-order valence-corrected chi connectivity index (χ1v) is 14.2. The molecule has 0 heterocycles. The number of hydrogen-bond acceptors (Lipinski definition) is 2. The van der Waals surface area contributed by atoms with Gasteiger partial charge in [-0.25, -0.2) is 0 Å². The lowest BCUT2D eigenvalue weighted by Gasteiger charge is -2.54. The smallest absolute Gasteiger partial charge is 0.123 e. The average Bonchev–Trinajstić information content (AvgIpc) is 2.80. The molecule has 2 aromatic rings. The zero-order valence-electron chi connectivity index (χ0n) is 20.2. The number of phenolic OH excluding ortho intramolecular Hbond substituents is 2. The Morgan fingerprint density at radius 2 is 0.765 bits per heavy atom. The molecule has 0 aromatic heterocycles. The first-order chi connectivity index (χ1) is 16.6. The topological polar surface area (TPSA) is 40.5 Å². The minimum absolute atomic E-state index is 0.310. The average molecular weight is 455 g/mol. The Balaban J connectivity index is 1.16. The molecule has 2 N–H and O–H groups in total. The van der Waals surface area contributed by atoms with Gasteiger partial charge in [0.1, 0.15) is 11.5 Å². The van der Waals surface area contributed by atoms with Crippen molar-refractivity contribution in [2.45, 2.75) is 76.0 Å². The zero-order chi connectivity index (χ0) is 22.6. The summed E-state index contributed by atoms with van der Waals surface area (Å²) in [5.41, 5.74) is 4.49. The second-order valence-corrected chi connectivity index (χ2v) is 13.5. The number of benzene rings is 2. The first-order valence-electron chi connectivity index (χ1n) is 14.2. The van der Waals surface area contributed by atoms with Crippen LogP contribution in [0.1, 0.15) is 87.2 Å². The quantitative estimate of drug-likeness (QED) is 0.496. The van der Waals surface area contributed by atoms with E-state index in [-0.39, 0.29) is 0 Å². The fourth-order valence-electron chi connectivity index (χ4n) is 10.9. The van der Waals surface area contributed by atoms with Crippen LogP contribution in [0.25, 0.3) is 11.1 Å². The molecule has 8 bridgehead atoms. The van der Waals surface area contributed by atoms with Crippen LogP contribution in [0.4, 0.5) is 0 Å². The van der Waals surface area contributed by atoms with Gasteiger partial charge in [-0.05, 0) is 159 Å². The van der Waals surface area contributed by atoms with Crippen LogP contribution in [-0.4, -0.2) is 10.2 Å². The van der Waals surface area contributed by atoms with Gasteiger partial charge in [0, 0.05) is 11.1 Å². The molecule has 2 nitrogen and oxygen atoms in total. The van der Waals surface area contributed by atoms with E-state index in [1.807, 2.05) is 12.1 Å². The van der Waals surface area contributed by atoms with Crippen LogP contribution in [0.3, 0.4) is 0 Å². The highest BCUT2D eigenvalue weighted by molar-refractivity contribution is 5.76. The number of rotatable bonds is 3. The lowest BCUT2D eigenvalue weighted by molar-refractivity contribution is -0.00288. The normalized spacial score (nSPS) is 43.5. The van der Waals surface area contributed by atoms with Gasteiger partial charge in [-0.2, -0.15) is 0 Å². The molecule has 2 aromatic carbocycles. The van der Waals surface area contributed by atoms with Crippen molar-refractivity contribution >= 4 is 0 Å². The fraction of sp³-hybridized carbons (Fsp3) is 0.625. The summed E-state index contributed by atoms with van der Waals surface area (Å²) in [7, 11) is 0. The van der Waals surface area contributed by atoms with Gasteiger partial charge in [-0.3, -0.25) is 0 Å². The maximum Gasteiger partial charge on any atom is 0.123 e. The molecule has 0 spiro atoms. The van der Waals surface area contributed by atoms with Crippen molar-refractivity contribution in [3.05, 3.63) is 47.5 Å². The molecule has 2 heteroatoms. The van der Waals surface area contributed by atoms with E-state index in [1.165, 1.54) is 75.3 Å². The molecule has 8 saturated carbocycles. The van der Waals surface area contributed by atoms with Crippen molar-refractivity contribution in [2.75, 3.05) is 0 Å². The standard InChI is InChI=1S/C32H38O2/c33-29-3-1-21(31-23-7-17-5-18(9-23)10-24(31)8-17)15-27(29)28-16-22(2-4-30(28)34)32-25-11-19-6-20(13-25)14-26(32)12-19/h1-4,15-20,23-26,31-34H,5-14H2. The van der Waals surface area contributed by atoms with Crippen LogP contribution in [0, 0.1) is 47.3 Å². The first kappa shape index (κ1) is 20.3. The predicted octanol–water partition coefficient (Wildman–Crippen LogP) is 7.84. The summed E-state index contributed by atoms with van der Waals surface area (Å²) in [6, 6.07) is 12.7. The number of phenols is 2. The molecular formula is C32H38O2. The Bertz CT molecular complexity index is 986. The monoisotopic (exact) mass is 454 g/mol. The molecule has 34 heavy (non-hydrogen) atoms. The highest BCUT2D eigenvalue weighted by Gasteiger charge is 2.50. The van der Waals surface area contributed by atoms with Crippen molar-refractivity contribution in [2.24, 2.45) is 47.3 Å². The molecule has 0 saturated heterocycles. The molecule has 8 aliphatic carbocycles. The van der Waals surface area contributed by atoms with Gasteiger partial charge >= 0.3 is 0 Å². The Labute approximate surface area is 203 Å². The Morgan fingerprint density at radius 3 is 1.09 bits per heavy atom. The van der Waals surface area contributed by atoms with Gasteiger partial charge < -0.3 is 10.2 Å². The van der Waals surface area contributed by atoms with Gasteiger partial charge in [0.05, 0.1) is 0 Å². The van der Waals surface area contributed by atoms with Crippen molar-refractivity contribution in [1.29, 1.82) is 0 Å². The summed E-state index contributed by atoms with van der Waals surface area (Å²) in [4.78, 5) is 0. The van der Waals surface area contributed by atoms with E-state index in [4.69, 9.17) is 0 Å². The number of hydrogen-bond donors (Lipinski definition) is 2. The maximum absolute atomic E-state index is 11.0. The molecule has 10 rings (SSSR count). The molecule has 0 amide bonds. The summed E-state index contributed by atoms with van der Waals surface area (Å²) >= 11 is 0. The lowest BCUT2D eigenvalue weighted by atomic mass is 9.50. The maximum atomic E-state index is 11.0. The summed E-state index contributed by atoms with van der Waals surface area (Å²) in [5, 5.41) is 21.9. The summed E-state index contributed by atoms with van der Waals surface area (Å²) < 4.78 is 0. The third-order valence-corrected chi connectivity index (χ3v) is 11.6. The Kier molecular flexibility index (Phi) is 4.34. The van der Waals surface area contributed by atoms with Crippen LogP contribution in [0.2, 0.25) is 0 Å². The molecule has 0 atom stereocenters. The molecule has 0 radical (unpaired) electrons. The highest BCUT2D eigenvalue weighted by atomic mass is 16.3. The molecule has 0 unspecified atom stereocenters. The van der Waals surface area contributed by atoms with Gasteiger partial charge in [0.25, 0.3) is 0 Å². The molecular weight excluding hydrogens is 416 g/mol. The Hall–Kier alpha value is -1.96. The molecule has 178 valence electrons. The van der Waals surface area contributed by atoms with E-state index in [9.17, 15) is 10.2 Å². The van der Waals surface area contributed by atoms with E-state index in [2.05, 4.69) is 24.3 Å². The lowest BCUT2D eigenvalue weighted by Crippen LogP contribution is -2.43. The summed E-state index contributed by atoms with van der Waals surface area (Å²) in [5.74, 6) is 9.06. The molecule has 8 fully saturated rings. The van der Waals surface area contributed by atoms with E-state index in [1.54, 1.807) is 0 Å². The predicted molar refractivity (Wildman–Crippen MR) is 135 cm³/mol. The van der Waals surface area contributed by atoms with Crippen molar-refractivity contribution < 1.29 is 10.2 Å². The van der Waals surface area contributed by atoms with Crippen molar-refractivity contribution in [3.8, 4) is 22.6 Å². The third kappa shape index (κ3) is 2.99. The van der Waals surface area contributed by atoms with Gasteiger partial charge in [0.2, 0.25) is 0 Å². The minimum atomic E-state index is 0.310. The van der Waals surface area contributed by atoms with Crippen molar-refractivity contribution in [1.82, 2.24) is 0 Å². The fourth-order valence-corrected chi connectivity index (χ4v) is 10.9. The SMILES string of the molecule is Oc1ccc(C2C3CC4CC(C3)CC2C4)cc1-c1cc(C2C3CC4CC(C3)CC2C4)ccc1O. The van der Waals surface area contributed by atoms with Gasteiger partial charge in [-0.1, -0.05) is 12.1 Å². The number of aromatic hydroxyl groups is 2. The van der Waals surface area contributed by atoms with Crippen LogP contribution in [-0.2, 0) is 0 Å². The van der Waals surface area contributed by atoms with Crippen molar-refractivity contribution in [3.63, 3.8) is 0 Å². The Morgan fingerprint density at radius 1 is 0.441 bits per heavy atom. The van der Waals surface area contributed by atoms with E-state index in [0.717, 1.165) is 58.5 Å². The van der Waals surface area contributed by atoms with Crippen LogP contribution in [0.15, 0.2) is 36.4 Å². The van der Waals surface area contributed by atoms with Crippen LogP contribution >= 0.6 is 0 Å². The van der Waals surface area contributed by atoms with Crippen LogP contribution in [0.5, 0.6) is 11.5 Å². The van der Waals surface area contributed by atoms with E-state index >= 15 is 0 Å².